The van der Waals surface area contributed by atoms with Crippen LogP contribution in [0.5, 0.6) is 0 Å². The molecule has 0 bridgehead atoms. The molecule has 0 aromatic rings. The van der Waals surface area contributed by atoms with Crippen LogP contribution in [0, 0.1) is 0 Å². The number of amides is 1. The second-order valence-corrected chi connectivity index (χ2v) is 5.59. The van der Waals surface area contributed by atoms with Crippen LogP contribution in [0.3, 0.4) is 0 Å². The van der Waals surface area contributed by atoms with E-state index in [0.29, 0.717) is 0 Å². The van der Waals surface area contributed by atoms with E-state index in [2.05, 4.69) is 46.6 Å². The van der Waals surface area contributed by atoms with Crippen LogP contribution in [0.2, 0.25) is 0 Å². The molecular formula is C13H17IN2O. The Labute approximate surface area is 116 Å². The summed E-state index contributed by atoms with van der Waals surface area (Å²) < 4.78 is 1.12. The standard InChI is InChI=1S/C13H17IN2O/c1-5-10-9(3)15(4)12-11(14)7-6-8(2)16(12)13(10)17/h6-8H,5H2,1-4H3. The Morgan fingerprint density at radius 2 is 2.12 bits per heavy atom. The van der Waals surface area contributed by atoms with Gasteiger partial charge in [0, 0.05) is 18.3 Å². The number of allylic oxidation sites excluding steroid dienone is 3. The van der Waals surface area contributed by atoms with Gasteiger partial charge in [-0.15, -0.1) is 0 Å². The fourth-order valence-electron chi connectivity index (χ4n) is 2.36. The number of rotatable bonds is 1. The highest BCUT2D eigenvalue weighted by Gasteiger charge is 2.36. The highest BCUT2D eigenvalue weighted by molar-refractivity contribution is 14.1. The number of carbonyl (C=O) groups is 1. The molecule has 1 unspecified atom stereocenters. The van der Waals surface area contributed by atoms with E-state index in [-0.39, 0.29) is 11.9 Å². The normalized spacial score (nSPS) is 24.8. The summed E-state index contributed by atoms with van der Waals surface area (Å²) in [5, 5.41) is 0. The Morgan fingerprint density at radius 1 is 1.47 bits per heavy atom. The van der Waals surface area contributed by atoms with E-state index in [1.54, 1.807) is 0 Å². The topological polar surface area (TPSA) is 23.6 Å². The second-order valence-electron chi connectivity index (χ2n) is 4.42. The van der Waals surface area contributed by atoms with Crippen molar-refractivity contribution in [1.29, 1.82) is 0 Å². The predicted molar refractivity (Wildman–Crippen MR) is 77.2 cm³/mol. The molecule has 0 saturated carbocycles. The summed E-state index contributed by atoms with van der Waals surface area (Å²) in [4.78, 5) is 16.5. The fourth-order valence-corrected chi connectivity index (χ4v) is 3.19. The predicted octanol–water partition coefficient (Wildman–Crippen LogP) is 3.01. The molecule has 0 aliphatic carbocycles. The average molecular weight is 344 g/mol. The summed E-state index contributed by atoms with van der Waals surface area (Å²) in [6.45, 7) is 6.11. The molecule has 0 aromatic heterocycles. The molecule has 1 amide bonds. The lowest BCUT2D eigenvalue weighted by molar-refractivity contribution is -0.128. The first-order chi connectivity index (χ1) is 7.99. The van der Waals surface area contributed by atoms with Gasteiger partial charge in [0.2, 0.25) is 0 Å². The van der Waals surface area contributed by atoms with Crippen LogP contribution in [-0.4, -0.2) is 28.8 Å². The maximum absolute atomic E-state index is 12.5. The Kier molecular flexibility index (Phi) is 3.34. The number of halogens is 1. The lowest BCUT2D eigenvalue weighted by Gasteiger charge is -2.43. The van der Waals surface area contributed by atoms with Crippen molar-refractivity contribution >= 4 is 28.5 Å². The first-order valence-corrected chi connectivity index (χ1v) is 6.92. The summed E-state index contributed by atoms with van der Waals surface area (Å²) in [6, 6.07) is 0.133. The van der Waals surface area contributed by atoms with Crippen LogP contribution >= 0.6 is 22.6 Å². The monoisotopic (exact) mass is 344 g/mol. The number of hydrogen-bond donors (Lipinski definition) is 0. The van der Waals surface area contributed by atoms with Gasteiger partial charge < -0.3 is 4.90 Å². The smallest absolute Gasteiger partial charge is 0.257 e. The number of hydrogen-bond acceptors (Lipinski definition) is 2. The molecule has 2 aliphatic heterocycles. The van der Waals surface area contributed by atoms with Gasteiger partial charge in [-0.25, -0.2) is 0 Å². The molecule has 92 valence electrons. The second kappa shape index (κ2) is 4.48. The third kappa shape index (κ3) is 1.82. The number of fused-ring (bicyclic) bond motifs is 1. The lowest BCUT2D eigenvalue weighted by atomic mass is 10.0. The fraction of sp³-hybridized carbons (Fsp3) is 0.462. The Bertz CT molecular complexity index is 462. The number of carbonyl (C=O) groups excluding carboxylic acids is 1. The zero-order valence-electron chi connectivity index (χ0n) is 10.6. The molecule has 17 heavy (non-hydrogen) atoms. The van der Waals surface area contributed by atoms with Gasteiger partial charge in [0.05, 0.1) is 9.62 Å². The van der Waals surface area contributed by atoms with Crippen LogP contribution in [0.25, 0.3) is 0 Å². The van der Waals surface area contributed by atoms with Crippen molar-refractivity contribution in [2.75, 3.05) is 7.05 Å². The first kappa shape index (κ1) is 12.7. The molecule has 2 heterocycles. The molecule has 2 rings (SSSR count). The quantitative estimate of drug-likeness (QED) is 0.683. The molecule has 3 nitrogen and oxygen atoms in total. The van der Waals surface area contributed by atoms with Gasteiger partial charge in [-0.2, -0.15) is 0 Å². The van der Waals surface area contributed by atoms with Crippen molar-refractivity contribution in [2.45, 2.75) is 33.2 Å². The molecule has 1 atom stereocenters. The Hall–Kier alpha value is -0.780. The van der Waals surface area contributed by atoms with E-state index in [4.69, 9.17) is 0 Å². The van der Waals surface area contributed by atoms with Crippen LogP contribution in [0.4, 0.5) is 0 Å². The highest BCUT2D eigenvalue weighted by atomic mass is 127. The summed E-state index contributed by atoms with van der Waals surface area (Å²) in [5.41, 5.74) is 1.99. The summed E-state index contributed by atoms with van der Waals surface area (Å²) in [5.74, 6) is 1.17. The van der Waals surface area contributed by atoms with E-state index in [1.807, 2.05) is 25.8 Å². The average Bonchev–Trinajstić information content (AvgIpc) is 2.30. The maximum Gasteiger partial charge on any atom is 0.257 e. The summed E-state index contributed by atoms with van der Waals surface area (Å²) in [7, 11) is 2.03. The lowest BCUT2D eigenvalue weighted by Crippen LogP contribution is -2.48. The van der Waals surface area contributed by atoms with Crippen molar-refractivity contribution in [1.82, 2.24) is 9.80 Å². The van der Waals surface area contributed by atoms with E-state index in [1.165, 1.54) is 0 Å². The van der Waals surface area contributed by atoms with Crippen LogP contribution in [0.1, 0.15) is 27.2 Å². The molecule has 0 fully saturated rings. The van der Waals surface area contributed by atoms with Crippen LogP contribution in [-0.2, 0) is 4.79 Å². The zero-order valence-corrected chi connectivity index (χ0v) is 12.8. The van der Waals surface area contributed by atoms with E-state index in [9.17, 15) is 4.79 Å². The highest BCUT2D eigenvalue weighted by Crippen LogP contribution is 2.36. The SMILES string of the molecule is CCC1=C(C)N(C)C2=C(I)C=CC(C)N2C1=O. The molecule has 0 saturated heterocycles. The van der Waals surface area contributed by atoms with Crippen molar-refractivity contribution in [3.8, 4) is 0 Å². The maximum atomic E-state index is 12.5. The van der Waals surface area contributed by atoms with E-state index < -0.39 is 0 Å². The minimum absolute atomic E-state index is 0.133. The van der Waals surface area contributed by atoms with Crippen molar-refractivity contribution < 1.29 is 4.79 Å². The van der Waals surface area contributed by atoms with Crippen molar-refractivity contribution in [2.24, 2.45) is 0 Å². The summed E-state index contributed by atoms with van der Waals surface area (Å²) in [6.07, 6.45) is 4.95. The number of nitrogens with zero attached hydrogens (tertiary/aromatic N) is 2. The Balaban J connectivity index is 2.60. The van der Waals surface area contributed by atoms with Crippen molar-refractivity contribution in [3.05, 3.63) is 32.8 Å². The minimum Gasteiger partial charge on any atom is -0.333 e. The molecule has 2 aliphatic rings. The van der Waals surface area contributed by atoms with Gasteiger partial charge in [-0.3, -0.25) is 9.69 Å². The molecule has 0 aromatic carbocycles. The van der Waals surface area contributed by atoms with Crippen LogP contribution in [0.15, 0.2) is 32.8 Å². The van der Waals surface area contributed by atoms with Crippen molar-refractivity contribution in [3.63, 3.8) is 0 Å². The largest absolute Gasteiger partial charge is 0.333 e. The molecule has 0 radical (unpaired) electrons. The van der Waals surface area contributed by atoms with E-state index >= 15 is 0 Å². The third-order valence-corrected chi connectivity index (χ3v) is 4.30. The minimum atomic E-state index is 0.133. The third-order valence-electron chi connectivity index (χ3n) is 3.46. The van der Waals surface area contributed by atoms with Gasteiger partial charge in [-0.05, 0) is 48.9 Å². The summed E-state index contributed by atoms with van der Waals surface area (Å²) >= 11 is 2.29. The van der Waals surface area contributed by atoms with Gasteiger partial charge >= 0.3 is 0 Å². The van der Waals surface area contributed by atoms with Gasteiger partial charge in [-0.1, -0.05) is 13.0 Å². The van der Waals surface area contributed by atoms with Gasteiger partial charge in [0.1, 0.15) is 5.82 Å². The molecule has 0 spiro atoms. The van der Waals surface area contributed by atoms with Crippen LogP contribution < -0.4 is 0 Å². The first-order valence-electron chi connectivity index (χ1n) is 5.84. The molecule has 4 heteroatoms. The van der Waals surface area contributed by atoms with Gasteiger partial charge in [0.15, 0.2) is 0 Å². The van der Waals surface area contributed by atoms with E-state index in [0.717, 1.165) is 27.1 Å². The zero-order chi connectivity index (χ0) is 12.7. The Morgan fingerprint density at radius 3 is 2.71 bits per heavy atom. The van der Waals surface area contributed by atoms with Gasteiger partial charge in [0.25, 0.3) is 5.91 Å². The molecule has 0 N–H and O–H groups in total. The molecular weight excluding hydrogens is 327 g/mol.